The molecule has 4 saturated heterocycles. The minimum atomic E-state index is -0.843. The van der Waals surface area contributed by atoms with Crippen LogP contribution in [0, 0.1) is 23.7 Å². The van der Waals surface area contributed by atoms with Crippen LogP contribution < -0.4 is 0 Å². The fourth-order valence-corrected chi connectivity index (χ4v) is 6.70. The van der Waals surface area contributed by atoms with Crippen molar-refractivity contribution in [1.29, 1.82) is 0 Å². The zero-order valence-electron chi connectivity index (χ0n) is 19.4. The van der Waals surface area contributed by atoms with Gasteiger partial charge in [0.1, 0.15) is 0 Å². The average molecular weight is 525 g/mol. The number of fused-ring (bicyclic) bond motifs is 2. The maximum atomic E-state index is 11.3. The van der Waals surface area contributed by atoms with Crippen molar-refractivity contribution >= 4 is 21.9 Å². The molecule has 1 saturated carbocycles. The Morgan fingerprint density at radius 3 is 2.67 bits per heavy atom. The van der Waals surface area contributed by atoms with Crippen LogP contribution in [-0.4, -0.2) is 35.0 Å². The number of ether oxygens (including phenoxy) is 3. The summed E-state index contributed by atoms with van der Waals surface area (Å²) in [5, 5.41) is 9.29. The summed E-state index contributed by atoms with van der Waals surface area (Å²) in [5.74, 6) is -0.691. The number of aliphatic carboxylic acids is 1. The number of rotatable bonds is 6. The molecule has 0 amide bonds. The van der Waals surface area contributed by atoms with E-state index < -0.39 is 36.0 Å². The van der Waals surface area contributed by atoms with Gasteiger partial charge in [0.15, 0.2) is 18.2 Å². The predicted molar refractivity (Wildman–Crippen MR) is 122 cm³/mol. The standard InChI is InChI=1S/C25H33BrO7/c1-14-4-9-19-15(2)22(29-20(10-11-21(27)28)16-5-7-17(26)8-6-16)30-23-25(19)18(14)12-13-24(3,31-23)32-33-25/h5-8,14-15,18-20,22-23H,4,9-13H2,1-3H3,(H,27,28)/t14-,15-,18+,19?,20?,22+,23-,24?,25?/m1/s1. The van der Waals surface area contributed by atoms with Crippen molar-refractivity contribution in [1.82, 2.24) is 0 Å². The molecule has 1 aromatic rings. The zero-order chi connectivity index (χ0) is 23.4. The van der Waals surface area contributed by atoms with Gasteiger partial charge in [-0.3, -0.25) is 4.79 Å². The third-order valence-electron chi connectivity index (χ3n) is 8.26. The molecule has 33 heavy (non-hydrogen) atoms. The lowest BCUT2D eigenvalue weighted by Crippen LogP contribution is -2.70. The van der Waals surface area contributed by atoms with Crippen molar-refractivity contribution in [2.24, 2.45) is 23.7 Å². The number of carbonyl (C=O) groups is 1. The van der Waals surface area contributed by atoms with Crippen molar-refractivity contribution in [3.8, 4) is 0 Å². The van der Waals surface area contributed by atoms with Gasteiger partial charge in [-0.15, -0.1) is 0 Å². The predicted octanol–water partition coefficient (Wildman–Crippen LogP) is 5.58. The summed E-state index contributed by atoms with van der Waals surface area (Å²) in [6, 6.07) is 7.82. The Morgan fingerprint density at radius 1 is 1.18 bits per heavy atom. The Morgan fingerprint density at radius 2 is 1.94 bits per heavy atom. The summed E-state index contributed by atoms with van der Waals surface area (Å²) in [5.41, 5.74) is 0.293. The van der Waals surface area contributed by atoms with E-state index in [-0.39, 0.29) is 18.3 Å². The van der Waals surface area contributed by atoms with E-state index in [9.17, 15) is 9.90 Å². The molecule has 2 bridgehead atoms. The monoisotopic (exact) mass is 524 g/mol. The van der Waals surface area contributed by atoms with Gasteiger partial charge in [0.2, 0.25) is 5.79 Å². The molecular formula is C25H33BrO7. The highest BCUT2D eigenvalue weighted by molar-refractivity contribution is 9.10. The fourth-order valence-electron chi connectivity index (χ4n) is 6.43. The van der Waals surface area contributed by atoms with Gasteiger partial charge in [0, 0.05) is 29.2 Å². The van der Waals surface area contributed by atoms with Crippen molar-refractivity contribution in [3.05, 3.63) is 34.3 Å². The third-order valence-corrected chi connectivity index (χ3v) is 8.79. The van der Waals surface area contributed by atoms with Gasteiger partial charge >= 0.3 is 5.97 Å². The molecule has 182 valence electrons. The van der Waals surface area contributed by atoms with Crippen LogP contribution in [0.3, 0.4) is 0 Å². The van der Waals surface area contributed by atoms with E-state index in [1.54, 1.807) is 0 Å². The molecule has 4 unspecified atom stereocenters. The molecule has 1 aliphatic carbocycles. The van der Waals surface area contributed by atoms with Crippen molar-refractivity contribution in [2.45, 2.75) is 89.4 Å². The van der Waals surface area contributed by atoms with Gasteiger partial charge in [-0.2, -0.15) is 0 Å². The number of hydrogen-bond acceptors (Lipinski definition) is 6. The average Bonchev–Trinajstić information content (AvgIpc) is 3.01. The number of carboxylic acid groups (broad SMARTS) is 1. The van der Waals surface area contributed by atoms with Crippen LogP contribution in [0.2, 0.25) is 0 Å². The normalized spacial score (nSPS) is 42.9. The summed E-state index contributed by atoms with van der Waals surface area (Å²) in [7, 11) is 0. The first-order chi connectivity index (χ1) is 15.7. The highest BCUT2D eigenvalue weighted by Crippen LogP contribution is 2.60. The fraction of sp³-hybridized carbons (Fsp3) is 0.720. The topological polar surface area (TPSA) is 83.5 Å². The van der Waals surface area contributed by atoms with Gasteiger partial charge in [-0.05, 0) is 62.1 Å². The minimum Gasteiger partial charge on any atom is -0.481 e. The van der Waals surface area contributed by atoms with Crippen LogP contribution in [0.5, 0.6) is 0 Å². The van der Waals surface area contributed by atoms with Crippen LogP contribution in [0.4, 0.5) is 0 Å². The molecule has 1 N–H and O–H groups in total. The summed E-state index contributed by atoms with van der Waals surface area (Å²) >= 11 is 3.47. The Balaban J connectivity index is 1.43. The first-order valence-corrected chi connectivity index (χ1v) is 12.8. The molecule has 4 aliphatic heterocycles. The quantitative estimate of drug-likeness (QED) is 0.486. The van der Waals surface area contributed by atoms with Crippen molar-refractivity contribution in [2.75, 3.05) is 0 Å². The molecule has 6 rings (SSSR count). The third kappa shape index (κ3) is 4.17. The van der Waals surface area contributed by atoms with Gasteiger partial charge < -0.3 is 19.3 Å². The highest BCUT2D eigenvalue weighted by atomic mass is 79.9. The summed E-state index contributed by atoms with van der Waals surface area (Å²) in [6.45, 7) is 6.34. The zero-order valence-corrected chi connectivity index (χ0v) is 21.0. The highest BCUT2D eigenvalue weighted by Gasteiger charge is 2.69. The molecule has 0 aromatic heterocycles. The number of hydrogen-bond donors (Lipinski definition) is 1. The van der Waals surface area contributed by atoms with Crippen LogP contribution in [0.1, 0.15) is 71.0 Å². The molecular weight excluding hydrogens is 492 g/mol. The van der Waals surface area contributed by atoms with Crippen LogP contribution in [-0.2, 0) is 28.8 Å². The maximum Gasteiger partial charge on any atom is 0.303 e. The van der Waals surface area contributed by atoms with E-state index in [1.807, 2.05) is 31.2 Å². The Labute approximate surface area is 203 Å². The van der Waals surface area contributed by atoms with Gasteiger partial charge in [0.05, 0.1) is 6.10 Å². The molecule has 7 nitrogen and oxygen atoms in total. The second-order valence-corrected chi connectivity index (χ2v) is 11.3. The van der Waals surface area contributed by atoms with Crippen LogP contribution >= 0.6 is 15.9 Å². The summed E-state index contributed by atoms with van der Waals surface area (Å²) < 4.78 is 20.5. The molecule has 0 radical (unpaired) electrons. The number of carboxylic acids is 1. The van der Waals surface area contributed by atoms with E-state index in [0.717, 1.165) is 35.7 Å². The Bertz CT molecular complexity index is 878. The summed E-state index contributed by atoms with van der Waals surface area (Å²) in [6.07, 6.45) is 2.71. The first-order valence-electron chi connectivity index (χ1n) is 12.0. The van der Waals surface area contributed by atoms with Gasteiger partial charge in [0.25, 0.3) is 0 Å². The van der Waals surface area contributed by atoms with Gasteiger partial charge in [-0.1, -0.05) is 41.9 Å². The molecule has 5 fully saturated rings. The minimum absolute atomic E-state index is 0.0176. The van der Waals surface area contributed by atoms with E-state index in [2.05, 4.69) is 29.8 Å². The smallest absolute Gasteiger partial charge is 0.303 e. The molecule has 1 spiro atoms. The van der Waals surface area contributed by atoms with Gasteiger partial charge in [-0.25, -0.2) is 9.78 Å². The molecule has 5 aliphatic rings. The van der Waals surface area contributed by atoms with Crippen molar-refractivity contribution < 1.29 is 33.9 Å². The second-order valence-electron chi connectivity index (χ2n) is 10.4. The molecule has 8 heteroatoms. The van der Waals surface area contributed by atoms with E-state index in [1.165, 1.54) is 0 Å². The number of halogens is 1. The van der Waals surface area contributed by atoms with Crippen LogP contribution in [0.25, 0.3) is 0 Å². The lowest BCUT2D eigenvalue weighted by molar-refractivity contribution is -0.578. The summed E-state index contributed by atoms with van der Waals surface area (Å²) in [4.78, 5) is 23.4. The molecule has 1 aromatic carbocycles. The van der Waals surface area contributed by atoms with Crippen molar-refractivity contribution in [3.63, 3.8) is 0 Å². The van der Waals surface area contributed by atoms with E-state index >= 15 is 0 Å². The Hall–Kier alpha value is -1.03. The largest absolute Gasteiger partial charge is 0.481 e. The number of benzene rings is 1. The van der Waals surface area contributed by atoms with E-state index in [4.69, 9.17) is 24.0 Å². The molecule has 4 heterocycles. The lowest BCUT2D eigenvalue weighted by Gasteiger charge is -2.60. The maximum absolute atomic E-state index is 11.3. The Kier molecular flexibility index (Phi) is 6.38. The lowest BCUT2D eigenvalue weighted by atomic mass is 9.58. The first kappa shape index (κ1) is 23.7. The van der Waals surface area contributed by atoms with Crippen LogP contribution in [0.15, 0.2) is 28.7 Å². The van der Waals surface area contributed by atoms with E-state index in [0.29, 0.717) is 18.3 Å². The SMILES string of the molecule is C[C@@H]1CCC2[C@@H](C)[C@@H](OC(CCC(=O)O)c3ccc(Br)cc3)O[C@@H]3OC4(C)CC[C@@H]1C23OO4. The second kappa shape index (κ2) is 8.88. The molecule has 9 atom stereocenters.